The average Bonchev–Trinajstić information content (AvgIpc) is 2.79. The van der Waals surface area contributed by atoms with Crippen molar-refractivity contribution in [2.45, 2.75) is 85.4 Å². The molecule has 0 heterocycles. The summed E-state index contributed by atoms with van der Waals surface area (Å²) >= 11 is 0. The first kappa shape index (κ1) is 24.8. The molecular formula is C28H38N2O3. The van der Waals surface area contributed by atoms with E-state index in [-0.39, 0.29) is 24.5 Å². The van der Waals surface area contributed by atoms with Gasteiger partial charge in [-0.1, -0.05) is 55.2 Å². The predicted octanol–water partition coefficient (Wildman–Crippen LogP) is 5.17. The Balaban J connectivity index is 1.75. The largest absolute Gasteiger partial charge is 0.483 e. The van der Waals surface area contributed by atoms with Crippen LogP contribution in [0.2, 0.25) is 0 Å². The van der Waals surface area contributed by atoms with Crippen molar-refractivity contribution in [1.29, 1.82) is 0 Å². The molecule has 1 fully saturated rings. The highest BCUT2D eigenvalue weighted by molar-refractivity contribution is 5.88. The van der Waals surface area contributed by atoms with Gasteiger partial charge in [0, 0.05) is 12.6 Å². The summed E-state index contributed by atoms with van der Waals surface area (Å²) in [5.74, 6) is 0.433. The minimum absolute atomic E-state index is 0.0921. The number of rotatable bonds is 8. The summed E-state index contributed by atoms with van der Waals surface area (Å²) in [6, 6.07) is 11.7. The van der Waals surface area contributed by atoms with Gasteiger partial charge in [-0.15, -0.1) is 0 Å². The molecule has 2 aromatic rings. The maximum absolute atomic E-state index is 13.3. The number of carbonyl (C=O) groups excluding carboxylic acids is 2. The Morgan fingerprint density at radius 2 is 1.76 bits per heavy atom. The second-order valence-electron chi connectivity index (χ2n) is 9.52. The van der Waals surface area contributed by atoms with Gasteiger partial charge in [-0.05, 0) is 75.8 Å². The van der Waals surface area contributed by atoms with Crippen LogP contribution in [-0.2, 0) is 16.1 Å². The van der Waals surface area contributed by atoms with E-state index in [0.717, 1.165) is 59.3 Å². The van der Waals surface area contributed by atoms with Crippen molar-refractivity contribution in [2.24, 2.45) is 0 Å². The molecule has 5 nitrogen and oxygen atoms in total. The van der Waals surface area contributed by atoms with E-state index in [2.05, 4.69) is 17.4 Å². The molecule has 1 N–H and O–H groups in total. The zero-order valence-electron chi connectivity index (χ0n) is 20.7. The number of benzene rings is 2. The number of carbonyl (C=O) groups is 2. The summed E-state index contributed by atoms with van der Waals surface area (Å²) in [7, 11) is 0. The molecule has 2 aromatic carbocycles. The van der Waals surface area contributed by atoms with Gasteiger partial charge in [-0.25, -0.2) is 0 Å². The van der Waals surface area contributed by atoms with Gasteiger partial charge in [-0.2, -0.15) is 0 Å². The first-order valence-electron chi connectivity index (χ1n) is 12.1. The van der Waals surface area contributed by atoms with Crippen LogP contribution in [0.5, 0.6) is 5.75 Å². The Kier molecular flexibility index (Phi) is 8.54. The van der Waals surface area contributed by atoms with Gasteiger partial charge >= 0.3 is 0 Å². The molecular weight excluding hydrogens is 412 g/mol. The lowest BCUT2D eigenvalue weighted by atomic mass is 9.95. The number of nitrogens with zero attached hydrogens (tertiary/aromatic N) is 1. The van der Waals surface area contributed by atoms with Crippen molar-refractivity contribution >= 4 is 11.8 Å². The third-order valence-corrected chi connectivity index (χ3v) is 6.67. The number of hydrogen-bond donors (Lipinski definition) is 1. The second kappa shape index (κ2) is 11.4. The minimum Gasteiger partial charge on any atom is -0.483 e. The van der Waals surface area contributed by atoms with Crippen LogP contribution in [0.15, 0.2) is 36.4 Å². The fourth-order valence-corrected chi connectivity index (χ4v) is 4.53. The Morgan fingerprint density at radius 3 is 2.45 bits per heavy atom. The molecule has 0 aromatic heterocycles. The zero-order valence-corrected chi connectivity index (χ0v) is 20.7. The number of aryl methyl sites for hydroxylation is 3. The monoisotopic (exact) mass is 450 g/mol. The SMILES string of the molecule is Cc1cccc(CN(C(=O)COc2cc(C)cc(C)c2C)C(C)C(=O)NC2CCCCC2)c1. The van der Waals surface area contributed by atoms with Crippen molar-refractivity contribution in [1.82, 2.24) is 10.2 Å². The fourth-order valence-electron chi connectivity index (χ4n) is 4.53. The van der Waals surface area contributed by atoms with E-state index < -0.39 is 6.04 Å². The molecule has 0 radical (unpaired) electrons. The first-order valence-corrected chi connectivity index (χ1v) is 12.1. The van der Waals surface area contributed by atoms with Gasteiger partial charge in [0.05, 0.1) is 0 Å². The third kappa shape index (κ3) is 6.83. The summed E-state index contributed by atoms with van der Waals surface area (Å²) < 4.78 is 5.96. The van der Waals surface area contributed by atoms with E-state index in [1.54, 1.807) is 4.90 Å². The molecule has 5 heteroatoms. The Bertz CT molecular complexity index is 979. The Labute approximate surface area is 198 Å². The van der Waals surface area contributed by atoms with Gasteiger partial charge in [-0.3, -0.25) is 9.59 Å². The van der Waals surface area contributed by atoms with Crippen LogP contribution < -0.4 is 10.1 Å². The van der Waals surface area contributed by atoms with Crippen LogP contribution in [-0.4, -0.2) is 35.4 Å². The lowest BCUT2D eigenvalue weighted by Gasteiger charge is -2.31. The topological polar surface area (TPSA) is 58.6 Å². The van der Waals surface area contributed by atoms with Crippen LogP contribution in [0.4, 0.5) is 0 Å². The molecule has 178 valence electrons. The van der Waals surface area contributed by atoms with E-state index in [9.17, 15) is 9.59 Å². The van der Waals surface area contributed by atoms with Crippen molar-refractivity contribution in [2.75, 3.05) is 6.61 Å². The van der Waals surface area contributed by atoms with Crippen molar-refractivity contribution in [3.8, 4) is 5.75 Å². The molecule has 3 rings (SSSR count). The number of hydrogen-bond acceptors (Lipinski definition) is 3. The van der Waals surface area contributed by atoms with Gasteiger partial charge in [0.2, 0.25) is 5.91 Å². The number of ether oxygens (including phenoxy) is 1. The minimum atomic E-state index is -0.580. The lowest BCUT2D eigenvalue weighted by molar-refractivity contribution is -0.142. The molecule has 1 atom stereocenters. The van der Waals surface area contributed by atoms with Crippen LogP contribution in [0.25, 0.3) is 0 Å². The van der Waals surface area contributed by atoms with E-state index in [1.165, 1.54) is 6.42 Å². The summed E-state index contributed by atoms with van der Waals surface area (Å²) in [5.41, 5.74) is 5.39. The predicted molar refractivity (Wildman–Crippen MR) is 132 cm³/mol. The Hall–Kier alpha value is -2.82. The van der Waals surface area contributed by atoms with Gasteiger partial charge in [0.25, 0.3) is 5.91 Å². The van der Waals surface area contributed by atoms with Crippen LogP contribution in [0.1, 0.15) is 66.8 Å². The molecule has 0 spiro atoms. The maximum Gasteiger partial charge on any atom is 0.261 e. The van der Waals surface area contributed by atoms with Crippen LogP contribution in [0, 0.1) is 27.7 Å². The van der Waals surface area contributed by atoms with E-state index in [0.29, 0.717) is 6.54 Å². The number of nitrogens with one attached hydrogen (secondary N) is 1. The third-order valence-electron chi connectivity index (χ3n) is 6.67. The number of amides is 2. The highest BCUT2D eigenvalue weighted by atomic mass is 16.5. The van der Waals surface area contributed by atoms with Crippen molar-refractivity contribution in [3.63, 3.8) is 0 Å². The molecule has 1 aliphatic rings. The van der Waals surface area contributed by atoms with E-state index >= 15 is 0 Å². The first-order chi connectivity index (χ1) is 15.7. The fraction of sp³-hybridized carbons (Fsp3) is 0.500. The quantitative estimate of drug-likeness (QED) is 0.604. The lowest BCUT2D eigenvalue weighted by Crippen LogP contribution is -2.51. The van der Waals surface area contributed by atoms with Crippen LogP contribution in [0.3, 0.4) is 0 Å². The van der Waals surface area contributed by atoms with E-state index in [4.69, 9.17) is 4.74 Å². The highest BCUT2D eigenvalue weighted by Gasteiger charge is 2.28. The van der Waals surface area contributed by atoms with Gasteiger partial charge in [0.15, 0.2) is 6.61 Å². The summed E-state index contributed by atoms with van der Waals surface area (Å²) in [6.45, 7) is 10.2. The van der Waals surface area contributed by atoms with Gasteiger partial charge in [0.1, 0.15) is 11.8 Å². The molecule has 1 aliphatic carbocycles. The normalized spacial score (nSPS) is 15.1. The van der Waals surface area contributed by atoms with Crippen molar-refractivity contribution in [3.05, 3.63) is 64.2 Å². The van der Waals surface area contributed by atoms with Gasteiger partial charge < -0.3 is 15.0 Å². The molecule has 0 bridgehead atoms. The van der Waals surface area contributed by atoms with Crippen molar-refractivity contribution < 1.29 is 14.3 Å². The van der Waals surface area contributed by atoms with E-state index in [1.807, 2.05) is 58.9 Å². The summed E-state index contributed by atoms with van der Waals surface area (Å²) in [6.07, 6.45) is 5.55. The maximum atomic E-state index is 13.3. The average molecular weight is 451 g/mol. The molecule has 33 heavy (non-hydrogen) atoms. The molecule has 0 aliphatic heterocycles. The van der Waals surface area contributed by atoms with Crippen LogP contribution >= 0.6 is 0 Å². The highest BCUT2D eigenvalue weighted by Crippen LogP contribution is 2.24. The zero-order chi connectivity index (χ0) is 24.0. The Morgan fingerprint density at radius 1 is 1.03 bits per heavy atom. The smallest absolute Gasteiger partial charge is 0.261 e. The summed E-state index contributed by atoms with van der Waals surface area (Å²) in [4.78, 5) is 28.1. The molecule has 0 saturated heterocycles. The summed E-state index contributed by atoms with van der Waals surface area (Å²) in [5, 5.41) is 3.18. The standard InChI is InChI=1S/C28H38N2O3/c1-19-10-9-11-24(15-19)17-30(23(5)28(32)29-25-12-7-6-8-13-25)27(31)18-33-26-16-20(2)14-21(3)22(26)4/h9-11,14-16,23,25H,6-8,12-13,17-18H2,1-5H3,(H,29,32). The molecule has 1 saturated carbocycles. The second-order valence-corrected chi connectivity index (χ2v) is 9.52. The molecule has 1 unspecified atom stereocenters. The molecule has 2 amide bonds.